The van der Waals surface area contributed by atoms with Crippen LogP contribution in [0, 0.1) is 0 Å². The average Bonchev–Trinajstić information content (AvgIpc) is 2.29. The Morgan fingerprint density at radius 3 is 2.82 bits per heavy atom. The summed E-state index contributed by atoms with van der Waals surface area (Å²) in [6, 6.07) is 1.58. The quantitative estimate of drug-likeness (QED) is 0.856. The van der Waals surface area contributed by atoms with Crippen LogP contribution < -0.4 is 5.32 Å². The molecule has 0 spiro atoms. The zero-order chi connectivity index (χ0) is 12.8. The lowest BCUT2D eigenvalue weighted by Crippen LogP contribution is -2.35. The molecule has 0 aliphatic carbocycles. The smallest absolute Gasteiger partial charge is 0.340 e. The highest BCUT2D eigenvalue weighted by atomic mass is 79.9. The van der Waals surface area contributed by atoms with Gasteiger partial charge in [-0.2, -0.15) is 0 Å². The Morgan fingerprint density at radius 1 is 1.53 bits per heavy atom. The molecule has 0 saturated heterocycles. The zero-order valence-corrected chi connectivity index (χ0v) is 11.2. The van der Waals surface area contributed by atoms with E-state index in [1.165, 1.54) is 13.1 Å². The number of aromatic nitrogens is 1. The van der Waals surface area contributed by atoms with Crippen molar-refractivity contribution in [3.05, 3.63) is 28.5 Å². The summed E-state index contributed by atoms with van der Waals surface area (Å²) >= 11 is 3.20. The average molecular weight is 301 g/mol. The van der Waals surface area contributed by atoms with Gasteiger partial charge < -0.3 is 10.1 Å². The van der Waals surface area contributed by atoms with Gasteiger partial charge >= 0.3 is 5.97 Å². The van der Waals surface area contributed by atoms with E-state index in [0.717, 1.165) is 0 Å². The molecule has 6 heteroatoms. The summed E-state index contributed by atoms with van der Waals surface area (Å²) in [6.07, 6.45) is 2.13. The lowest BCUT2D eigenvalue weighted by atomic mass is 10.3. The molecule has 1 aromatic heterocycles. The van der Waals surface area contributed by atoms with Crippen LogP contribution in [0.5, 0.6) is 0 Å². The minimum absolute atomic E-state index is 0.301. The van der Waals surface area contributed by atoms with Gasteiger partial charge in [-0.25, -0.2) is 4.79 Å². The number of likely N-dealkylation sites (N-methyl/N-ethyl adjacent to an activating group) is 1. The van der Waals surface area contributed by atoms with E-state index in [2.05, 4.69) is 26.2 Å². The highest BCUT2D eigenvalue weighted by Gasteiger charge is 2.18. The van der Waals surface area contributed by atoms with Crippen LogP contribution in [0.1, 0.15) is 24.2 Å². The fourth-order valence-electron chi connectivity index (χ4n) is 1.12. The molecular weight excluding hydrogens is 288 g/mol. The van der Waals surface area contributed by atoms with Crippen LogP contribution in [0.25, 0.3) is 0 Å². The number of hydrogen-bond acceptors (Lipinski definition) is 4. The fraction of sp³-hybridized carbons (Fsp3) is 0.364. The van der Waals surface area contributed by atoms with Crippen molar-refractivity contribution < 1.29 is 14.3 Å². The van der Waals surface area contributed by atoms with Gasteiger partial charge in [0.2, 0.25) is 0 Å². The van der Waals surface area contributed by atoms with Crippen LogP contribution >= 0.6 is 15.9 Å². The highest BCUT2D eigenvalue weighted by Crippen LogP contribution is 2.11. The standard InChI is InChI=1S/C11H13BrN2O3/c1-3-14-10(15)7(2)17-11(16)8-4-9(12)6-13-5-8/h4-7H,3H2,1-2H3,(H,14,15)/t7-/m1/s1. The van der Waals surface area contributed by atoms with Crippen molar-refractivity contribution in [3.8, 4) is 0 Å². The van der Waals surface area contributed by atoms with Crippen molar-refractivity contribution in [1.29, 1.82) is 0 Å². The van der Waals surface area contributed by atoms with Gasteiger partial charge in [0, 0.05) is 23.4 Å². The van der Waals surface area contributed by atoms with E-state index in [1.54, 1.807) is 19.2 Å². The van der Waals surface area contributed by atoms with Crippen LogP contribution in [0.2, 0.25) is 0 Å². The molecule has 0 fully saturated rings. The first-order valence-electron chi connectivity index (χ1n) is 5.13. The molecule has 0 bridgehead atoms. The maximum atomic E-state index is 11.7. The number of nitrogens with one attached hydrogen (secondary N) is 1. The Balaban J connectivity index is 2.63. The molecular formula is C11H13BrN2O3. The number of ether oxygens (including phenoxy) is 1. The van der Waals surface area contributed by atoms with Crippen LogP contribution in [0.4, 0.5) is 0 Å². The fourth-order valence-corrected chi connectivity index (χ4v) is 1.49. The van der Waals surface area contributed by atoms with Gasteiger partial charge in [0.05, 0.1) is 5.56 Å². The van der Waals surface area contributed by atoms with Crippen molar-refractivity contribution in [2.75, 3.05) is 6.54 Å². The van der Waals surface area contributed by atoms with E-state index in [1.807, 2.05) is 0 Å². The topological polar surface area (TPSA) is 68.3 Å². The van der Waals surface area contributed by atoms with Crippen molar-refractivity contribution in [2.24, 2.45) is 0 Å². The maximum absolute atomic E-state index is 11.7. The van der Waals surface area contributed by atoms with Gasteiger partial charge in [-0.3, -0.25) is 9.78 Å². The van der Waals surface area contributed by atoms with E-state index in [9.17, 15) is 9.59 Å². The van der Waals surface area contributed by atoms with Crippen LogP contribution in [0.3, 0.4) is 0 Å². The van der Waals surface area contributed by atoms with Gasteiger partial charge in [-0.15, -0.1) is 0 Å². The molecule has 0 aromatic carbocycles. The summed E-state index contributed by atoms with van der Waals surface area (Å²) < 4.78 is 5.67. The van der Waals surface area contributed by atoms with Crippen LogP contribution in [-0.4, -0.2) is 29.5 Å². The largest absolute Gasteiger partial charge is 0.449 e. The molecule has 5 nitrogen and oxygen atoms in total. The van der Waals surface area contributed by atoms with Gasteiger partial charge in [0.15, 0.2) is 6.10 Å². The second-order valence-electron chi connectivity index (χ2n) is 3.33. The van der Waals surface area contributed by atoms with Gasteiger partial charge in [0.25, 0.3) is 5.91 Å². The molecule has 92 valence electrons. The van der Waals surface area contributed by atoms with Gasteiger partial charge in [-0.1, -0.05) is 0 Å². The summed E-state index contributed by atoms with van der Waals surface area (Å²) in [5.41, 5.74) is 0.301. The van der Waals surface area contributed by atoms with E-state index in [0.29, 0.717) is 16.6 Å². The first kappa shape index (κ1) is 13.6. The summed E-state index contributed by atoms with van der Waals surface area (Å²) in [6.45, 7) is 3.82. The summed E-state index contributed by atoms with van der Waals surface area (Å²) in [5.74, 6) is -0.888. The van der Waals surface area contributed by atoms with E-state index < -0.39 is 12.1 Å². The van der Waals surface area contributed by atoms with Crippen molar-refractivity contribution in [1.82, 2.24) is 10.3 Å². The Morgan fingerprint density at radius 2 is 2.24 bits per heavy atom. The third kappa shape index (κ3) is 4.14. The first-order chi connectivity index (χ1) is 8.04. The molecule has 1 heterocycles. The van der Waals surface area contributed by atoms with E-state index in [-0.39, 0.29) is 5.91 Å². The molecule has 1 amide bonds. The number of pyridine rings is 1. The SMILES string of the molecule is CCNC(=O)[C@@H](C)OC(=O)c1cncc(Br)c1. The maximum Gasteiger partial charge on any atom is 0.340 e. The molecule has 1 rings (SSSR count). The van der Waals surface area contributed by atoms with E-state index in [4.69, 9.17) is 4.74 Å². The van der Waals surface area contributed by atoms with Crippen LogP contribution in [0.15, 0.2) is 22.9 Å². The minimum Gasteiger partial charge on any atom is -0.449 e. The van der Waals surface area contributed by atoms with Crippen LogP contribution in [-0.2, 0) is 9.53 Å². The summed E-state index contributed by atoms with van der Waals surface area (Å²) in [5, 5.41) is 2.57. The molecule has 0 saturated carbocycles. The second-order valence-corrected chi connectivity index (χ2v) is 4.25. The number of hydrogen-bond donors (Lipinski definition) is 1. The van der Waals surface area contributed by atoms with Crippen molar-refractivity contribution in [2.45, 2.75) is 20.0 Å². The predicted octanol–water partition coefficient (Wildman–Crippen LogP) is 1.53. The van der Waals surface area contributed by atoms with E-state index >= 15 is 0 Å². The van der Waals surface area contributed by atoms with Gasteiger partial charge in [-0.05, 0) is 35.8 Å². The Kier molecular flexibility index (Phi) is 5.09. The lowest BCUT2D eigenvalue weighted by Gasteiger charge is -2.12. The minimum atomic E-state index is -0.818. The van der Waals surface area contributed by atoms with Crippen molar-refractivity contribution in [3.63, 3.8) is 0 Å². The summed E-state index contributed by atoms with van der Waals surface area (Å²) in [7, 11) is 0. The zero-order valence-electron chi connectivity index (χ0n) is 9.57. The molecule has 1 N–H and O–H groups in total. The number of esters is 1. The number of carbonyl (C=O) groups excluding carboxylic acids is 2. The van der Waals surface area contributed by atoms with Crippen molar-refractivity contribution >= 4 is 27.8 Å². The number of amides is 1. The molecule has 0 aliphatic heterocycles. The number of carbonyl (C=O) groups is 2. The Bertz CT molecular complexity index is 423. The molecule has 0 unspecified atom stereocenters. The number of halogens is 1. The lowest BCUT2D eigenvalue weighted by molar-refractivity contribution is -0.128. The molecule has 17 heavy (non-hydrogen) atoms. The number of rotatable bonds is 4. The third-order valence-electron chi connectivity index (χ3n) is 1.94. The Labute approximate surface area is 108 Å². The second kappa shape index (κ2) is 6.34. The Hall–Kier alpha value is -1.43. The molecule has 0 radical (unpaired) electrons. The van der Waals surface area contributed by atoms with Gasteiger partial charge in [0.1, 0.15) is 0 Å². The molecule has 0 aliphatic rings. The monoisotopic (exact) mass is 300 g/mol. The molecule has 1 atom stereocenters. The predicted molar refractivity (Wildman–Crippen MR) is 65.5 cm³/mol. The molecule has 1 aromatic rings. The number of nitrogens with zero attached hydrogens (tertiary/aromatic N) is 1. The highest BCUT2D eigenvalue weighted by molar-refractivity contribution is 9.10. The normalized spacial score (nSPS) is 11.7. The first-order valence-corrected chi connectivity index (χ1v) is 5.93. The summed E-state index contributed by atoms with van der Waals surface area (Å²) in [4.78, 5) is 26.9. The third-order valence-corrected chi connectivity index (χ3v) is 2.38.